The molecule has 0 atom stereocenters. The summed E-state index contributed by atoms with van der Waals surface area (Å²) in [6.07, 6.45) is 0. The molecule has 20 heteroatoms. The second kappa shape index (κ2) is 14.9. The third-order valence-corrected chi connectivity index (χ3v) is 11.8. The molecule has 0 fully saturated rings. The predicted molar refractivity (Wildman–Crippen MR) is 281 cm³/mol. The van der Waals surface area contributed by atoms with Gasteiger partial charge in [0.25, 0.3) is 0 Å². The fraction of sp³-hybridized carbons (Fsp3) is 0. The maximum atomic E-state index is 7.06. The Balaban J connectivity index is 1.71. The van der Waals surface area contributed by atoms with Crippen molar-refractivity contribution in [3.05, 3.63) is 36.4 Å². The molecular formula is C40H6B20. The van der Waals surface area contributed by atoms with E-state index in [1.54, 1.807) is 12.1 Å². The van der Waals surface area contributed by atoms with Crippen LogP contribution in [0.15, 0.2) is 36.4 Å². The van der Waals surface area contributed by atoms with Gasteiger partial charge in [0.1, 0.15) is 157 Å². The van der Waals surface area contributed by atoms with Gasteiger partial charge in [-0.05, 0) is 76.5 Å². The normalized spacial score (nSPS) is 11.7. The van der Waals surface area contributed by atoms with Gasteiger partial charge in [0.2, 0.25) is 0 Å². The molecule has 226 valence electrons. The van der Waals surface area contributed by atoms with Crippen molar-refractivity contribution in [3.8, 4) is 33.4 Å². The maximum Gasteiger partial charge on any atom is 0.113 e. The van der Waals surface area contributed by atoms with Crippen LogP contribution in [0.2, 0.25) is 0 Å². The third-order valence-electron chi connectivity index (χ3n) is 11.8. The molecular weight excluding hydrogens is 697 g/mol. The average Bonchev–Trinajstić information content (AvgIpc) is 3.24. The average molecular weight is 703 g/mol. The van der Waals surface area contributed by atoms with Crippen LogP contribution >= 0.6 is 0 Å². The molecule has 0 spiro atoms. The van der Waals surface area contributed by atoms with Crippen LogP contribution in [0.3, 0.4) is 0 Å². The quantitative estimate of drug-likeness (QED) is 0.127. The van der Waals surface area contributed by atoms with Crippen LogP contribution < -0.4 is 109 Å². The van der Waals surface area contributed by atoms with E-state index in [4.69, 9.17) is 157 Å². The molecule has 0 saturated heterocycles. The highest BCUT2D eigenvalue weighted by molar-refractivity contribution is 6.75. The minimum atomic E-state index is -0.0767. The first-order valence-corrected chi connectivity index (χ1v) is 18.0. The van der Waals surface area contributed by atoms with E-state index in [9.17, 15) is 0 Å². The Morgan fingerprint density at radius 3 is 0.783 bits per heavy atom. The number of benzene rings is 8. The van der Waals surface area contributed by atoms with Gasteiger partial charge >= 0.3 is 0 Å². The topological polar surface area (TPSA) is 0 Å². The van der Waals surface area contributed by atoms with Crippen molar-refractivity contribution >= 4 is 309 Å². The van der Waals surface area contributed by atoms with Gasteiger partial charge in [-0.3, -0.25) is 0 Å². The lowest BCUT2D eigenvalue weighted by Crippen LogP contribution is -2.55. The molecule has 0 aliphatic rings. The zero-order valence-electron chi connectivity index (χ0n) is 32.0. The Kier molecular flexibility index (Phi) is 10.6. The van der Waals surface area contributed by atoms with E-state index in [2.05, 4.69) is 0 Å². The van der Waals surface area contributed by atoms with Crippen molar-refractivity contribution in [2.45, 2.75) is 0 Å². The van der Waals surface area contributed by atoms with Crippen LogP contribution in [0.4, 0.5) is 0 Å². The summed E-state index contributed by atoms with van der Waals surface area (Å²) in [5.41, 5.74) is 2.08. The molecule has 0 bridgehead atoms. The van der Waals surface area contributed by atoms with Crippen LogP contribution in [-0.4, -0.2) is 157 Å². The fourth-order valence-corrected chi connectivity index (χ4v) is 8.52. The fourth-order valence-electron chi connectivity index (χ4n) is 8.52. The van der Waals surface area contributed by atoms with Crippen molar-refractivity contribution in [3.63, 3.8) is 0 Å². The summed E-state index contributed by atoms with van der Waals surface area (Å²) < 4.78 is 0. The molecule has 0 amide bonds. The van der Waals surface area contributed by atoms with E-state index in [0.717, 1.165) is 0 Å². The molecule has 8 aromatic rings. The van der Waals surface area contributed by atoms with Crippen molar-refractivity contribution in [1.82, 2.24) is 0 Å². The molecule has 0 heterocycles. The van der Waals surface area contributed by atoms with Crippen molar-refractivity contribution in [2.24, 2.45) is 0 Å². The lowest BCUT2D eigenvalue weighted by molar-refractivity contribution is 1.71. The molecule has 0 aliphatic heterocycles. The minimum Gasteiger partial charge on any atom is -0.112 e. The van der Waals surface area contributed by atoms with Gasteiger partial charge in [0, 0.05) is 0 Å². The Labute approximate surface area is 376 Å². The summed E-state index contributed by atoms with van der Waals surface area (Å²) in [6.45, 7) is 0. The highest BCUT2D eigenvalue weighted by Gasteiger charge is 2.29. The monoisotopic (exact) mass is 706 g/mol. The lowest BCUT2D eigenvalue weighted by atomic mass is 9.56. The number of fused-ring (bicyclic) bond motifs is 4. The molecule has 60 heavy (non-hydrogen) atoms. The van der Waals surface area contributed by atoms with E-state index in [0.29, 0.717) is 33.0 Å². The first-order valence-electron chi connectivity index (χ1n) is 18.0. The molecule has 8 aromatic carbocycles. The van der Waals surface area contributed by atoms with Gasteiger partial charge in [-0.1, -0.05) is 91.0 Å². The molecule has 0 aromatic heterocycles. The summed E-state index contributed by atoms with van der Waals surface area (Å²) in [7, 11) is 133. The highest BCUT2D eigenvalue weighted by atomic mass is 14.3. The molecule has 0 N–H and O–H groups in total. The first-order chi connectivity index (χ1) is 28.2. The summed E-state index contributed by atoms with van der Waals surface area (Å²) in [5, 5.41) is 2.49. The standard InChI is InChI=1S/C40H6B20/c41-21-12(22(42)33(53)40(60)32(21)52)10-6-5-9(7-3-1-2-4-8(7)10)11-14-16(26(46)36(56)34(54)23(14)43)13(17-15(11)24(44)35(55)37(57)27(17)47)18-19-20(29(49)31(51)25(18)45)30(50)39(59)38(58)28(19)48/h1-6H. The van der Waals surface area contributed by atoms with Crippen LogP contribution in [0, 0.1) is 0 Å². The SMILES string of the molecule is [B]c1c([B])c([B])c(-c2ccc(-c3c4c([B])c([B])c([B])c([B])c4c(-c4c([B])c([B])c([B])c5c([B])c([B])c([B])c([B])c45)c4c([B])c([B])c([B])c([B])c34)c3ccccc23)c([B])c1[B]. The van der Waals surface area contributed by atoms with Gasteiger partial charge in [0.15, 0.2) is 0 Å². The smallest absolute Gasteiger partial charge is 0.112 e. The van der Waals surface area contributed by atoms with Crippen LogP contribution in [0.5, 0.6) is 0 Å². The molecule has 0 saturated carbocycles. The van der Waals surface area contributed by atoms with Gasteiger partial charge in [-0.25, -0.2) is 0 Å². The van der Waals surface area contributed by atoms with Gasteiger partial charge < -0.3 is 0 Å². The molecule has 8 rings (SSSR count). The van der Waals surface area contributed by atoms with E-state index in [-0.39, 0.29) is 153 Å². The summed E-state index contributed by atoms with van der Waals surface area (Å²) >= 11 is 0. The largest absolute Gasteiger partial charge is 0.113 e. The number of hydrogen-bond acceptors (Lipinski definition) is 0. The zero-order chi connectivity index (χ0) is 43.9. The first kappa shape index (κ1) is 42.8. The van der Waals surface area contributed by atoms with E-state index in [1.807, 2.05) is 24.3 Å². The summed E-state index contributed by atoms with van der Waals surface area (Å²) in [6, 6.07) is 11.0. The Hall–Kier alpha value is -3.90. The van der Waals surface area contributed by atoms with Crippen molar-refractivity contribution < 1.29 is 0 Å². The molecule has 0 aliphatic carbocycles. The molecule has 0 unspecified atom stereocenters. The predicted octanol–water partition coefficient (Wildman–Crippen LogP) is -12.8. The minimum absolute atomic E-state index is 0.00600. The second-order valence-corrected chi connectivity index (χ2v) is 14.7. The van der Waals surface area contributed by atoms with E-state index in [1.165, 1.54) is 0 Å². The van der Waals surface area contributed by atoms with E-state index >= 15 is 0 Å². The highest BCUT2D eigenvalue weighted by Crippen LogP contribution is 2.44. The van der Waals surface area contributed by atoms with Crippen LogP contribution in [-0.2, 0) is 0 Å². The Morgan fingerprint density at radius 2 is 0.417 bits per heavy atom. The van der Waals surface area contributed by atoms with Crippen LogP contribution in [0.25, 0.3) is 76.5 Å². The summed E-state index contributed by atoms with van der Waals surface area (Å²) in [5.74, 6) is 0. The third kappa shape index (κ3) is 5.66. The number of rotatable bonds is 3. The van der Waals surface area contributed by atoms with Crippen molar-refractivity contribution in [2.75, 3.05) is 0 Å². The molecule has 0 nitrogen and oxygen atoms in total. The number of hydrogen-bond donors (Lipinski definition) is 0. The maximum absolute atomic E-state index is 7.06. The summed E-state index contributed by atoms with van der Waals surface area (Å²) in [4.78, 5) is 0. The van der Waals surface area contributed by atoms with Crippen molar-refractivity contribution in [1.29, 1.82) is 0 Å². The lowest BCUT2D eigenvalue weighted by Gasteiger charge is -2.32. The van der Waals surface area contributed by atoms with Gasteiger partial charge in [-0.15, -0.1) is 54.6 Å². The van der Waals surface area contributed by atoms with Gasteiger partial charge in [0.05, 0.1) is 0 Å². The molecule has 40 radical (unpaired) electrons. The van der Waals surface area contributed by atoms with Gasteiger partial charge in [-0.2, -0.15) is 0 Å². The van der Waals surface area contributed by atoms with Crippen LogP contribution in [0.1, 0.15) is 0 Å². The zero-order valence-corrected chi connectivity index (χ0v) is 32.0. The Bertz CT molecular complexity index is 3200. The Morgan fingerprint density at radius 1 is 0.183 bits per heavy atom. The second-order valence-electron chi connectivity index (χ2n) is 14.7. The van der Waals surface area contributed by atoms with E-state index < -0.39 is 0 Å².